The molecule has 0 aromatic heterocycles. The Morgan fingerprint density at radius 1 is 1.46 bits per heavy atom. The molecule has 0 atom stereocenters. The zero-order chi connectivity index (χ0) is 10.3. The molecule has 0 fully saturated rings. The molecule has 0 heterocycles. The Hall–Kier alpha value is -1.13. The van der Waals surface area contributed by atoms with Crippen LogP contribution in [0.3, 0.4) is 0 Å². The Kier molecular flexibility index (Phi) is 5.03. The van der Waals surface area contributed by atoms with E-state index >= 15 is 0 Å². The predicted molar refractivity (Wildman–Crippen MR) is 49.5 cm³/mol. The van der Waals surface area contributed by atoms with Crippen LogP contribution in [-0.4, -0.2) is 24.8 Å². The molecule has 5 nitrogen and oxygen atoms in total. The fourth-order valence-electron chi connectivity index (χ4n) is 0.648. The summed E-state index contributed by atoms with van der Waals surface area (Å²) in [6.07, 6.45) is 0.0846. The van der Waals surface area contributed by atoms with Crippen LogP contribution in [0, 0.1) is 4.91 Å². The van der Waals surface area contributed by atoms with Crippen LogP contribution in [0.1, 0.15) is 27.2 Å². The third kappa shape index (κ3) is 8.78. The first kappa shape index (κ1) is 11.9. The molecule has 0 saturated carbocycles. The molecule has 0 aromatic carbocycles. The minimum Gasteiger partial charge on any atom is -0.444 e. The normalized spacial score (nSPS) is 10.7. The summed E-state index contributed by atoms with van der Waals surface area (Å²) in [5, 5.41) is 5.18. The highest BCUT2D eigenvalue weighted by Crippen LogP contribution is 2.06. The summed E-state index contributed by atoms with van der Waals surface area (Å²) in [6.45, 7) is 6.01. The van der Waals surface area contributed by atoms with Gasteiger partial charge >= 0.3 is 6.09 Å². The number of alkyl carbamates (subject to hydrolysis) is 1. The van der Waals surface area contributed by atoms with E-state index in [4.69, 9.17) is 4.74 Å². The Bertz CT molecular complexity index is 175. The van der Waals surface area contributed by atoms with Gasteiger partial charge in [-0.25, -0.2) is 4.79 Å². The van der Waals surface area contributed by atoms with E-state index in [1.807, 2.05) is 0 Å². The summed E-state index contributed by atoms with van der Waals surface area (Å²) in [4.78, 5) is 20.7. The average molecular weight is 188 g/mol. The van der Waals surface area contributed by atoms with Gasteiger partial charge in [0.2, 0.25) is 0 Å². The number of hydrogen-bond acceptors (Lipinski definition) is 4. The molecule has 0 aliphatic carbocycles. The van der Waals surface area contributed by atoms with Gasteiger partial charge < -0.3 is 10.1 Å². The second-order valence-electron chi connectivity index (χ2n) is 3.63. The molecule has 13 heavy (non-hydrogen) atoms. The third-order valence-electron chi connectivity index (χ3n) is 1.09. The van der Waals surface area contributed by atoms with Gasteiger partial charge in [-0.15, -0.1) is 0 Å². The number of nitrogens with zero attached hydrogens (tertiary/aromatic N) is 1. The van der Waals surface area contributed by atoms with Crippen molar-refractivity contribution in [3.63, 3.8) is 0 Å². The summed E-state index contributed by atoms with van der Waals surface area (Å²) >= 11 is 0. The Morgan fingerprint density at radius 3 is 2.54 bits per heavy atom. The number of nitrogens with one attached hydrogen (secondary N) is 1. The van der Waals surface area contributed by atoms with E-state index in [9.17, 15) is 9.70 Å². The molecule has 1 amide bonds. The van der Waals surface area contributed by atoms with Gasteiger partial charge in [0.05, 0.1) is 6.54 Å². The molecule has 5 heteroatoms. The predicted octanol–water partition coefficient (Wildman–Crippen LogP) is 1.67. The fourth-order valence-corrected chi connectivity index (χ4v) is 0.648. The van der Waals surface area contributed by atoms with Gasteiger partial charge in [-0.2, -0.15) is 4.91 Å². The largest absolute Gasteiger partial charge is 0.444 e. The fraction of sp³-hybridized carbons (Fsp3) is 0.875. The second-order valence-corrected chi connectivity index (χ2v) is 3.63. The Morgan fingerprint density at radius 2 is 2.08 bits per heavy atom. The minimum absolute atomic E-state index is 0.218. The van der Waals surface area contributed by atoms with Crippen molar-refractivity contribution in [1.29, 1.82) is 0 Å². The highest BCUT2D eigenvalue weighted by Gasteiger charge is 2.15. The first-order valence-corrected chi connectivity index (χ1v) is 4.21. The number of carbonyl (C=O) groups is 1. The highest BCUT2D eigenvalue weighted by molar-refractivity contribution is 5.67. The molecule has 76 valence electrons. The standard InChI is InChI=1S/C8H16N2O3/c1-8(2,3)13-7(11)9-5-4-6-10-12/h4-6H2,1-3H3,(H,9,11). The molecule has 0 aromatic rings. The molecule has 0 radical (unpaired) electrons. The van der Waals surface area contributed by atoms with Gasteiger partial charge in [0, 0.05) is 6.54 Å². The number of nitroso groups, excluding NO2 is 1. The summed E-state index contributed by atoms with van der Waals surface area (Å²) in [6, 6.07) is 0. The molecule has 0 aliphatic rings. The van der Waals surface area contributed by atoms with Crippen molar-refractivity contribution in [2.75, 3.05) is 13.1 Å². The smallest absolute Gasteiger partial charge is 0.407 e. The van der Waals surface area contributed by atoms with Gasteiger partial charge in [0.25, 0.3) is 0 Å². The quantitative estimate of drug-likeness (QED) is 0.539. The first-order chi connectivity index (χ1) is 5.95. The minimum atomic E-state index is -0.479. The lowest BCUT2D eigenvalue weighted by Crippen LogP contribution is -2.33. The topological polar surface area (TPSA) is 67.8 Å². The Labute approximate surface area is 77.8 Å². The lowest BCUT2D eigenvalue weighted by Gasteiger charge is -2.19. The summed E-state index contributed by atoms with van der Waals surface area (Å²) in [5.74, 6) is 0. The van der Waals surface area contributed by atoms with Crippen LogP contribution >= 0.6 is 0 Å². The van der Waals surface area contributed by atoms with E-state index in [-0.39, 0.29) is 6.54 Å². The van der Waals surface area contributed by atoms with E-state index in [2.05, 4.69) is 10.5 Å². The average Bonchev–Trinajstić information content (AvgIpc) is 1.94. The van der Waals surface area contributed by atoms with Gasteiger partial charge in [-0.3, -0.25) is 0 Å². The van der Waals surface area contributed by atoms with E-state index in [1.54, 1.807) is 20.8 Å². The third-order valence-corrected chi connectivity index (χ3v) is 1.09. The van der Waals surface area contributed by atoms with Crippen LogP contribution in [0.25, 0.3) is 0 Å². The van der Waals surface area contributed by atoms with E-state index < -0.39 is 11.7 Å². The molecule has 0 rings (SSSR count). The van der Waals surface area contributed by atoms with Crippen LogP contribution in [-0.2, 0) is 4.74 Å². The van der Waals surface area contributed by atoms with Crippen molar-refractivity contribution in [3.05, 3.63) is 4.91 Å². The van der Waals surface area contributed by atoms with Crippen molar-refractivity contribution >= 4 is 6.09 Å². The number of amides is 1. The molecule has 1 N–H and O–H groups in total. The molecule has 0 bridgehead atoms. The van der Waals surface area contributed by atoms with Crippen molar-refractivity contribution < 1.29 is 9.53 Å². The maximum Gasteiger partial charge on any atom is 0.407 e. The number of hydrogen-bond donors (Lipinski definition) is 1. The van der Waals surface area contributed by atoms with Crippen molar-refractivity contribution in [2.24, 2.45) is 5.18 Å². The summed E-state index contributed by atoms with van der Waals surface area (Å²) in [5.41, 5.74) is -0.479. The second kappa shape index (κ2) is 5.50. The maximum atomic E-state index is 11.0. The first-order valence-electron chi connectivity index (χ1n) is 4.21. The van der Waals surface area contributed by atoms with Crippen molar-refractivity contribution in [2.45, 2.75) is 32.8 Å². The monoisotopic (exact) mass is 188 g/mol. The SMILES string of the molecule is CC(C)(C)OC(=O)NCCCN=O. The van der Waals surface area contributed by atoms with Crippen molar-refractivity contribution in [3.8, 4) is 0 Å². The van der Waals surface area contributed by atoms with Crippen LogP contribution in [0.4, 0.5) is 4.79 Å². The molecular formula is C8H16N2O3. The molecule has 0 unspecified atom stereocenters. The van der Waals surface area contributed by atoms with Crippen molar-refractivity contribution in [1.82, 2.24) is 5.32 Å². The van der Waals surface area contributed by atoms with Crippen LogP contribution in [0.5, 0.6) is 0 Å². The van der Waals surface area contributed by atoms with Crippen LogP contribution in [0.15, 0.2) is 5.18 Å². The molecule has 0 saturated heterocycles. The van der Waals surface area contributed by atoms with Gasteiger partial charge in [0.15, 0.2) is 0 Å². The van der Waals surface area contributed by atoms with E-state index in [1.165, 1.54) is 0 Å². The Balaban J connectivity index is 3.47. The molecular weight excluding hydrogens is 172 g/mol. The number of carbonyl (C=O) groups excluding carboxylic acids is 1. The van der Waals surface area contributed by atoms with E-state index in [0.717, 1.165) is 0 Å². The van der Waals surface area contributed by atoms with E-state index in [0.29, 0.717) is 13.0 Å². The van der Waals surface area contributed by atoms with Crippen LogP contribution < -0.4 is 5.32 Å². The summed E-state index contributed by atoms with van der Waals surface area (Å²) < 4.78 is 4.96. The lowest BCUT2D eigenvalue weighted by atomic mass is 10.2. The molecule has 0 aliphatic heterocycles. The van der Waals surface area contributed by atoms with Gasteiger partial charge in [-0.05, 0) is 27.2 Å². The van der Waals surface area contributed by atoms with Gasteiger partial charge in [0.1, 0.15) is 5.60 Å². The maximum absolute atomic E-state index is 11.0. The number of ether oxygens (including phenoxy) is 1. The van der Waals surface area contributed by atoms with Gasteiger partial charge in [-0.1, -0.05) is 5.18 Å². The zero-order valence-electron chi connectivity index (χ0n) is 8.29. The zero-order valence-corrected chi connectivity index (χ0v) is 8.29. The van der Waals surface area contributed by atoms with Crippen LogP contribution in [0.2, 0.25) is 0 Å². The lowest BCUT2D eigenvalue weighted by molar-refractivity contribution is 0.0527. The molecule has 0 spiro atoms. The summed E-state index contributed by atoms with van der Waals surface area (Å²) in [7, 11) is 0. The number of rotatable bonds is 4. The highest BCUT2D eigenvalue weighted by atomic mass is 16.6.